The van der Waals surface area contributed by atoms with Crippen LogP contribution in [0, 0.1) is 0 Å². The van der Waals surface area contributed by atoms with E-state index in [1.165, 1.54) is 0 Å². The van der Waals surface area contributed by atoms with Crippen LogP contribution in [0.25, 0.3) is 78.4 Å². The molecule has 14 aromatic rings. The molecule has 13 aromatic carbocycles. The van der Waals surface area contributed by atoms with Crippen LogP contribution in [0.15, 0.2) is 324 Å². The maximum atomic E-state index is 8.70. The SMILES string of the molecule is [B]c1c([B])c([B])c(-c2cccc(S(c3ccccc3)(c3ccccc3)c3c([B])c(-c4cc(-c5cccc(-c6ccccc6)c5)nc(-c5cccc(-c6ccccc6)c5)n4)c([B])c(S(c4ccccc4)(c4ccccc4)c4cccc(-c5c([B])c([B])c([B])c([B])c5[B])c4)c3[B])c2)c([B])c1[B]. The molecule has 2 nitrogen and oxygen atoms in total. The average molecular weight is 1260 g/mol. The van der Waals surface area contributed by atoms with Crippen molar-refractivity contribution in [3.05, 3.63) is 285 Å². The molecule has 0 aliphatic rings. The first-order valence-corrected chi connectivity index (χ1v) is 35.1. The zero-order chi connectivity index (χ0) is 68.9. The zero-order valence-electron chi connectivity index (χ0n) is 53.9. The van der Waals surface area contributed by atoms with Gasteiger partial charge in [-0.15, -0.1) is 52.8 Å². The molecule has 0 aliphatic heterocycles. The van der Waals surface area contributed by atoms with Gasteiger partial charge in [0.1, 0.15) is 102 Å². The van der Waals surface area contributed by atoms with E-state index in [9.17, 15) is 0 Å². The summed E-state index contributed by atoms with van der Waals surface area (Å²) in [6, 6.07) is 96.1. The van der Waals surface area contributed by atoms with E-state index in [-0.39, 0.29) is 65.6 Å². The highest BCUT2D eigenvalue weighted by atomic mass is 32.3. The summed E-state index contributed by atoms with van der Waals surface area (Å²) in [5, 5.41) is 0. The fraction of sp³-hybridized carbons (Fsp3) is 0. The topological polar surface area (TPSA) is 25.8 Å². The quantitative estimate of drug-likeness (QED) is 0.102. The minimum Gasteiger partial charge on any atom is -0.228 e. The van der Waals surface area contributed by atoms with Gasteiger partial charge in [0, 0.05) is 40.5 Å². The third-order valence-corrected chi connectivity index (χ3v) is 26.3. The van der Waals surface area contributed by atoms with Crippen LogP contribution < -0.4 is 71.0 Å². The molecule has 0 N–H and O–H groups in total. The third kappa shape index (κ3) is 11.6. The van der Waals surface area contributed by atoms with E-state index in [1.54, 1.807) is 0 Å². The van der Waals surface area contributed by atoms with E-state index in [0.29, 0.717) is 60.3 Å². The Labute approximate surface area is 601 Å². The molecule has 0 saturated carbocycles. The molecular formula is C82H47B13N2S2. The molecule has 1 heterocycles. The lowest BCUT2D eigenvalue weighted by atomic mass is 9.60. The monoisotopic (exact) mass is 1270 g/mol. The molecule has 0 saturated heterocycles. The molecule has 0 bridgehead atoms. The smallest absolute Gasteiger partial charge is 0.160 e. The fourth-order valence-electron chi connectivity index (χ4n) is 13.5. The number of hydrogen-bond acceptors (Lipinski definition) is 2. The van der Waals surface area contributed by atoms with E-state index in [4.69, 9.17) is 112 Å². The molecule has 0 aliphatic carbocycles. The first-order chi connectivity index (χ1) is 48.0. The van der Waals surface area contributed by atoms with Crippen molar-refractivity contribution in [3.63, 3.8) is 0 Å². The van der Waals surface area contributed by atoms with Gasteiger partial charge in [-0.3, -0.25) is 0 Å². The van der Waals surface area contributed by atoms with E-state index < -0.39 is 20.1 Å². The maximum absolute atomic E-state index is 8.70. The van der Waals surface area contributed by atoms with Gasteiger partial charge in [0.15, 0.2) is 5.82 Å². The van der Waals surface area contributed by atoms with E-state index in [2.05, 4.69) is 127 Å². The largest absolute Gasteiger partial charge is 0.228 e. The molecule has 0 fully saturated rings. The second kappa shape index (κ2) is 27.7. The molecule has 0 unspecified atom stereocenters. The summed E-state index contributed by atoms with van der Waals surface area (Å²) >= 11 is 0. The number of hydrogen-bond donors (Lipinski definition) is 0. The Morgan fingerprint density at radius 3 is 0.828 bits per heavy atom. The number of rotatable bonds is 15. The molecular weight excluding hydrogens is 1220 g/mol. The van der Waals surface area contributed by atoms with Crippen LogP contribution in [-0.4, -0.2) is 112 Å². The van der Waals surface area contributed by atoms with Crippen molar-refractivity contribution in [3.8, 4) is 78.4 Å². The normalized spacial score (nSPS) is 11.9. The second-order valence-corrected chi connectivity index (χ2v) is 30.1. The van der Waals surface area contributed by atoms with Crippen molar-refractivity contribution >= 4 is 193 Å². The highest BCUT2D eigenvalue weighted by Crippen LogP contribution is 2.76. The molecule has 0 atom stereocenters. The van der Waals surface area contributed by atoms with Crippen LogP contribution in [-0.2, 0) is 0 Å². The standard InChI is InChI=1S/C82H47B13N2S2/c83-67-64(68(84)74(90)77(93)73(67)89)53-30-21-41-60(45-53)98(56-33-11-3-12-34-56,57-35-13-4-14-36-57)80-71(87)66(63-47-62(52-29-19-27-50(43-52)48-23-7-1-8-24-48)96-82(97-63)55-32-20-28-51(44-55)49-25-9-2-10-26-49)72(88)81(79(80)95)99(58-37-15-5-16-38-58,59-39-17-6-18-40-59)61-42-22-31-54(46-61)65-69(85)75(91)78(94)76(92)70(65)86/h1-47H. The van der Waals surface area contributed by atoms with Crippen molar-refractivity contribution < 1.29 is 0 Å². The summed E-state index contributed by atoms with van der Waals surface area (Å²) < 4.78 is 0. The lowest BCUT2D eigenvalue weighted by molar-refractivity contribution is 1.18. The highest BCUT2D eigenvalue weighted by molar-refractivity contribution is 8.35. The maximum Gasteiger partial charge on any atom is 0.160 e. The van der Waals surface area contributed by atoms with Gasteiger partial charge < -0.3 is 0 Å². The van der Waals surface area contributed by atoms with Gasteiger partial charge in [0.25, 0.3) is 0 Å². The van der Waals surface area contributed by atoms with Crippen molar-refractivity contribution in [2.75, 3.05) is 0 Å². The Kier molecular flexibility index (Phi) is 18.6. The lowest BCUT2D eigenvalue weighted by Crippen LogP contribution is -2.55. The molecule has 1 aromatic heterocycles. The van der Waals surface area contributed by atoms with Crippen LogP contribution in [0.3, 0.4) is 0 Å². The summed E-state index contributed by atoms with van der Waals surface area (Å²) in [6.45, 7) is 0. The van der Waals surface area contributed by atoms with Gasteiger partial charge in [0.05, 0.1) is 11.4 Å². The number of aromatic nitrogens is 2. The summed E-state index contributed by atoms with van der Waals surface area (Å²) in [6.07, 6.45) is 0. The Bertz CT molecular complexity index is 4960. The van der Waals surface area contributed by atoms with Crippen molar-refractivity contribution in [1.29, 1.82) is 0 Å². The summed E-state index contributed by atoms with van der Waals surface area (Å²) in [5.41, 5.74) is 11.1. The molecule has 0 spiro atoms. The van der Waals surface area contributed by atoms with Gasteiger partial charge in [-0.05, 0) is 151 Å². The second-order valence-electron chi connectivity index (χ2n) is 24.0. The Hall–Kier alpha value is -9.52. The Morgan fingerprint density at radius 1 is 0.182 bits per heavy atom. The lowest BCUT2D eigenvalue weighted by Gasteiger charge is -2.50. The van der Waals surface area contributed by atoms with Gasteiger partial charge in [0.2, 0.25) is 0 Å². The molecule has 436 valence electrons. The van der Waals surface area contributed by atoms with E-state index in [1.807, 2.05) is 158 Å². The van der Waals surface area contributed by atoms with Crippen molar-refractivity contribution in [2.45, 2.75) is 39.2 Å². The first kappa shape index (κ1) is 66.7. The third-order valence-electron chi connectivity index (χ3n) is 18.3. The van der Waals surface area contributed by atoms with Crippen LogP contribution in [0.1, 0.15) is 0 Å². The first-order valence-electron chi connectivity index (χ1n) is 31.9. The van der Waals surface area contributed by atoms with Crippen LogP contribution in [0.4, 0.5) is 0 Å². The number of nitrogens with zero attached hydrogens (tertiary/aromatic N) is 2. The average Bonchev–Trinajstić information content (AvgIpc) is 0.691. The summed E-state index contributed by atoms with van der Waals surface area (Å²) in [4.78, 5) is 17.3. The molecule has 14 rings (SSSR count). The predicted octanol–water partition coefficient (Wildman–Crippen LogP) is 7.15. The minimum atomic E-state index is -3.08. The van der Waals surface area contributed by atoms with Crippen molar-refractivity contribution in [2.24, 2.45) is 0 Å². The summed E-state index contributed by atoms with van der Waals surface area (Å²) in [7, 11) is 87.3. The number of benzene rings is 13. The van der Waals surface area contributed by atoms with Crippen LogP contribution >= 0.6 is 20.1 Å². The van der Waals surface area contributed by atoms with Crippen LogP contribution in [0.2, 0.25) is 0 Å². The van der Waals surface area contributed by atoms with E-state index >= 15 is 0 Å². The summed E-state index contributed by atoms with van der Waals surface area (Å²) in [5.74, 6) is 0.411. The molecule has 0 amide bonds. The molecule has 99 heavy (non-hydrogen) atoms. The van der Waals surface area contributed by atoms with Gasteiger partial charge in [-0.2, -0.15) is 0 Å². The molecule has 26 radical (unpaired) electrons. The molecule has 17 heteroatoms. The van der Waals surface area contributed by atoms with Gasteiger partial charge in [-0.25, -0.2) is 9.97 Å². The minimum absolute atomic E-state index is 0.0896. The zero-order valence-corrected chi connectivity index (χ0v) is 55.5. The Morgan fingerprint density at radius 2 is 0.455 bits per heavy atom. The van der Waals surface area contributed by atoms with Gasteiger partial charge >= 0.3 is 0 Å². The van der Waals surface area contributed by atoms with Crippen LogP contribution in [0.5, 0.6) is 0 Å². The van der Waals surface area contributed by atoms with E-state index in [0.717, 1.165) is 62.8 Å². The highest BCUT2D eigenvalue weighted by Gasteiger charge is 2.43. The van der Waals surface area contributed by atoms with Crippen molar-refractivity contribution in [1.82, 2.24) is 9.97 Å². The van der Waals surface area contributed by atoms with Gasteiger partial charge in [-0.1, -0.05) is 232 Å². The fourth-order valence-corrected chi connectivity index (χ4v) is 21.8. The predicted molar refractivity (Wildman–Crippen MR) is 430 cm³/mol. The Balaban J connectivity index is 1.20.